The van der Waals surface area contributed by atoms with Gasteiger partial charge < -0.3 is 0 Å². The van der Waals surface area contributed by atoms with Gasteiger partial charge in [-0.3, -0.25) is 4.79 Å². The molecule has 0 amide bonds. The van der Waals surface area contributed by atoms with Crippen molar-refractivity contribution in [2.75, 3.05) is 0 Å². The zero-order chi connectivity index (χ0) is 8.27. The lowest BCUT2D eigenvalue weighted by Gasteiger charge is -2.21. The fraction of sp³-hybridized carbons (Fsp3) is 0.500. The summed E-state index contributed by atoms with van der Waals surface area (Å²) in [4.78, 5) is 11.2. The Morgan fingerprint density at radius 3 is 2.82 bits per heavy atom. The molecule has 1 aliphatic rings. The molecule has 1 atom stereocenters. The molecule has 1 heteroatoms. The molecule has 1 rings (SSSR count). The van der Waals surface area contributed by atoms with Crippen molar-refractivity contribution in [1.29, 1.82) is 0 Å². The predicted molar refractivity (Wildman–Crippen MR) is 46.3 cm³/mol. The van der Waals surface area contributed by atoms with Gasteiger partial charge in [-0.15, -0.1) is 0 Å². The van der Waals surface area contributed by atoms with Gasteiger partial charge in [-0.05, 0) is 25.3 Å². The lowest BCUT2D eigenvalue weighted by atomic mass is 9.82. The largest absolute Gasteiger partial charge is 0.294 e. The Labute approximate surface area is 67.8 Å². The van der Waals surface area contributed by atoms with Crippen molar-refractivity contribution < 1.29 is 4.79 Å². The first kappa shape index (κ1) is 8.25. The molecule has 0 N–H and O–H groups in total. The second kappa shape index (κ2) is 3.51. The molecule has 0 radical (unpaired) electrons. The molecular formula is C10H14O. The summed E-state index contributed by atoms with van der Waals surface area (Å²) in [7, 11) is 0. The molecule has 1 fully saturated rings. The SMILES string of the molecule is C=CC(=O)C1CCCCC1=C. The second-order valence-electron chi connectivity index (χ2n) is 3.06. The highest BCUT2D eigenvalue weighted by atomic mass is 16.1. The van der Waals surface area contributed by atoms with Gasteiger partial charge in [-0.1, -0.05) is 25.2 Å². The van der Waals surface area contributed by atoms with E-state index in [0.717, 1.165) is 24.8 Å². The normalized spacial score (nSPS) is 24.7. The number of rotatable bonds is 2. The quantitative estimate of drug-likeness (QED) is 0.436. The van der Waals surface area contributed by atoms with Gasteiger partial charge >= 0.3 is 0 Å². The van der Waals surface area contributed by atoms with Crippen molar-refractivity contribution in [1.82, 2.24) is 0 Å². The van der Waals surface area contributed by atoms with Crippen LogP contribution in [0.15, 0.2) is 24.8 Å². The second-order valence-corrected chi connectivity index (χ2v) is 3.06. The van der Waals surface area contributed by atoms with Gasteiger partial charge in [0.2, 0.25) is 0 Å². The Morgan fingerprint density at radius 2 is 2.27 bits per heavy atom. The van der Waals surface area contributed by atoms with Crippen molar-refractivity contribution in [3.8, 4) is 0 Å². The average Bonchev–Trinajstić information content (AvgIpc) is 2.04. The van der Waals surface area contributed by atoms with Gasteiger partial charge in [-0.2, -0.15) is 0 Å². The molecule has 0 aliphatic heterocycles. The van der Waals surface area contributed by atoms with Gasteiger partial charge in [0.25, 0.3) is 0 Å². The van der Waals surface area contributed by atoms with E-state index in [1.54, 1.807) is 0 Å². The van der Waals surface area contributed by atoms with Crippen molar-refractivity contribution in [2.45, 2.75) is 25.7 Å². The maximum absolute atomic E-state index is 11.2. The van der Waals surface area contributed by atoms with Crippen molar-refractivity contribution in [2.24, 2.45) is 5.92 Å². The van der Waals surface area contributed by atoms with Gasteiger partial charge in [-0.25, -0.2) is 0 Å². The Bertz CT molecular complexity index is 191. The summed E-state index contributed by atoms with van der Waals surface area (Å²) in [5.74, 6) is 0.232. The monoisotopic (exact) mass is 150 g/mol. The highest BCUT2D eigenvalue weighted by molar-refractivity contribution is 5.93. The predicted octanol–water partition coefficient (Wildman–Crippen LogP) is 2.49. The minimum absolute atomic E-state index is 0.0845. The van der Waals surface area contributed by atoms with E-state index in [1.165, 1.54) is 12.5 Å². The van der Waals surface area contributed by atoms with Crippen LogP contribution in [0.3, 0.4) is 0 Å². The Balaban J connectivity index is 2.61. The number of hydrogen-bond acceptors (Lipinski definition) is 1. The van der Waals surface area contributed by atoms with Crippen LogP contribution in [-0.4, -0.2) is 5.78 Å². The maximum Gasteiger partial charge on any atom is 0.162 e. The Kier molecular flexibility index (Phi) is 2.64. The molecule has 0 aromatic carbocycles. The zero-order valence-electron chi connectivity index (χ0n) is 6.81. The van der Waals surface area contributed by atoms with Crippen LogP contribution in [0.1, 0.15) is 25.7 Å². The zero-order valence-corrected chi connectivity index (χ0v) is 6.81. The van der Waals surface area contributed by atoms with Crippen molar-refractivity contribution >= 4 is 5.78 Å². The van der Waals surface area contributed by atoms with E-state index in [0.29, 0.717) is 0 Å². The smallest absolute Gasteiger partial charge is 0.162 e. The first-order chi connectivity index (χ1) is 5.25. The summed E-state index contributed by atoms with van der Waals surface area (Å²) in [5, 5.41) is 0. The average molecular weight is 150 g/mol. The van der Waals surface area contributed by atoms with E-state index in [2.05, 4.69) is 13.2 Å². The first-order valence-electron chi connectivity index (χ1n) is 4.09. The number of ketones is 1. The highest BCUT2D eigenvalue weighted by Crippen LogP contribution is 2.28. The Hall–Kier alpha value is -0.850. The molecule has 1 saturated carbocycles. The number of hydrogen-bond donors (Lipinski definition) is 0. The number of carbonyl (C=O) groups excluding carboxylic acids is 1. The van der Waals surface area contributed by atoms with Gasteiger partial charge in [0, 0.05) is 5.92 Å². The lowest BCUT2D eigenvalue weighted by Crippen LogP contribution is -2.17. The molecule has 0 heterocycles. The van der Waals surface area contributed by atoms with Crippen LogP contribution in [0.25, 0.3) is 0 Å². The third kappa shape index (κ3) is 1.79. The van der Waals surface area contributed by atoms with Gasteiger partial charge in [0.05, 0.1) is 0 Å². The molecular weight excluding hydrogens is 136 g/mol. The van der Waals surface area contributed by atoms with Crippen LogP contribution >= 0.6 is 0 Å². The minimum atomic E-state index is 0.0845. The van der Waals surface area contributed by atoms with Crippen LogP contribution in [0, 0.1) is 5.92 Å². The molecule has 0 bridgehead atoms. The molecule has 1 aliphatic carbocycles. The van der Waals surface area contributed by atoms with Crippen LogP contribution < -0.4 is 0 Å². The van der Waals surface area contributed by atoms with E-state index in [1.807, 2.05) is 0 Å². The van der Waals surface area contributed by atoms with Crippen molar-refractivity contribution in [3.05, 3.63) is 24.8 Å². The third-order valence-electron chi connectivity index (χ3n) is 2.28. The Morgan fingerprint density at radius 1 is 1.55 bits per heavy atom. The summed E-state index contributed by atoms with van der Waals surface area (Å²) in [6, 6.07) is 0. The van der Waals surface area contributed by atoms with E-state index >= 15 is 0 Å². The topological polar surface area (TPSA) is 17.1 Å². The molecule has 0 saturated heterocycles. The van der Waals surface area contributed by atoms with E-state index in [4.69, 9.17) is 0 Å². The molecule has 60 valence electrons. The highest BCUT2D eigenvalue weighted by Gasteiger charge is 2.21. The standard InChI is InChI=1S/C10H14O/c1-3-10(11)9-7-5-4-6-8(9)2/h3,9H,1-2,4-7H2. The van der Waals surface area contributed by atoms with E-state index < -0.39 is 0 Å². The number of allylic oxidation sites excluding steroid dienone is 2. The van der Waals surface area contributed by atoms with Crippen LogP contribution in [0.4, 0.5) is 0 Å². The summed E-state index contributed by atoms with van der Waals surface area (Å²) in [6.45, 7) is 7.38. The fourth-order valence-electron chi connectivity index (χ4n) is 1.56. The molecule has 0 aromatic rings. The first-order valence-corrected chi connectivity index (χ1v) is 4.09. The van der Waals surface area contributed by atoms with E-state index in [-0.39, 0.29) is 11.7 Å². The summed E-state index contributed by atoms with van der Waals surface area (Å²) in [5.41, 5.74) is 1.10. The molecule has 1 nitrogen and oxygen atoms in total. The third-order valence-corrected chi connectivity index (χ3v) is 2.28. The summed E-state index contributed by atoms with van der Waals surface area (Å²) in [6.07, 6.45) is 5.76. The van der Waals surface area contributed by atoms with Crippen LogP contribution in [0.2, 0.25) is 0 Å². The summed E-state index contributed by atoms with van der Waals surface area (Å²) < 4.78 is 0. The summed E-state index contributed by atoms with van der Waals surface area (Å²) >= 11 is 0. The minimum Gasteiger partial charge on any atom is -0.294 e. The van der Waals surface area contributed by atoms with Gasteiger partial charge in [0.15, 0.2) is 5.78 Å². The number of carbonyl (C=O) groups is 1. The molecule has 11 heavy (non-hydrogen) atoms. The van der Waals surface area contributed by atoms with Gasteiger partial charge in [0.1, 0.15) is 0 Å². The molecule has 0 spiro atoms. The van der Waals surface area contributed by atoms with Crippen LogP contribution in [0.5, 0.6) is 0 Å². The molecule has 1 unspecified atom stereocenters. The molecule has 0 aromatic heterocycles. The maximum atomic E-state index is 11.2. The fourth-order valence-corrected chi connectivity index (χ4v) is 1.56. The van der Waals surface area contributed by atoms with Crippen molar-refractivity contribution in [3.63, 3.8) is 0 Å². The van der Waals surface area contributed by atoms with E-state index in [9.17, 15) is 4.79 Å². The lowest BCUT2D eigenvalue weighted by molar-refractivity contribution is -0.117. The van der Waals surface area contributed by atoms with Crippen LogP contribution in [-0.2, 0) is 4.79 Å².